The normalized spacial score (nSPS) is 19.3. The van der Waals surface area contributed by atoms with Crippen molar-refractivity contribution in [3.05, 3.63) is 0 Å². The molecule has 1 N–H and O–H groups in total. The van der Waals surface area contributed by atoms with Gasteiger partial charge in [-0.3, -0.25) is 4.79 Å². The quantitative estimate of drug-likeness (QED) is 0.697. The molecule has 0 saturated heterocycles. The van der Waals surface area contributed by atoms with E-state index in [1.54, 1.807) is 0 Å². The van der Waals surface area contributed by atoms with Crippen LogP contribution < -0.4 is 5.32 Å². The van der Waals surface area contributed by atoms with Crippen LogP contribution in [0.1, 0.15) is 26.7 Å². The lowest BCUT2D eigenvalue weighted by atomic mass is 10.1. The molecule has 0 aromatic heterocycles. The molecule has 0 aromatic carbocycles. The van der Waals surface area contributed by atoms with Crippen molar-refractivity contribution in [3.8, 4) is 0 Å². The third kappa shape index (κ3) is 1.94. The molecule has 1 rings (SSSR count). The Labute approximate surface area is 71.2 Å². The first-order chi connectivity index (χ1) is 5.60. The maximum atomic E-state index is 11.5. The molecule has 0 bridgehead atoms. The Balaban J connectivity index is 2.40. The van der Waals surface area contributed by atoms with Crippen LogP contribution in [-0.2, 0) is 9.74 Å². The predicted molar refractivity (Wildman–Crippen MR) is 42.0 cm³/mol. The van der Waals surface area contributed by atoms with E-state index >= 15 is 0 Å². The molecule has 0 atom stereocenters. The van der Waals surface area contributed by atoms with E-state index in [9.17, 15) is 9.32 Å². The molecule has 1 aliphatic carbocycles. The highest BCUT2D eigenvalue weighted by Crippen LogP contribution is 2.46. The Morgan fingerprint density at radius 2 is 2.25 bits per heavy atom. The van der Waals surface area contributed by atoms with Crippen LogP contribution in [0.3, 0.4) is 0 Å². The summed E-state index contributed by atoms with van der Waals surface area (Å²) in [5.41, 5.74) is -0.557. The van der Waals surface area contributed by atoms with Crippen molar-refractivity contribution >= 4 is 5.91 Å². The molecular formula is C8H14FNO2. The zero-order valence-corrected chi connectivity index (χ0v) is 7.39. The molecule has 4 heteroatoms. The maximum Gasteiger partial charge on any atom is 0.228 e. The second kappa shape index (κ2) is 3.39. The molecule has 1 amide bonds. The first-order valence-electron chi connectivity index (χ1n) is 4.15. The number of nitrogens with one attached hydrogen (secondary N) is 1. The van der Waals surface area contributed by atoms with E-state index in [2.05, 4.69) is 10.3 Å². The number of carbonyl (C=O) groups excluding carboxylic acids is 1. The smallest absolute Gasteiger partial charge is 0.228 e. The van der Waals surface area contributed by atoms with Gasteiger partial charge in [-0.2, -0.15) is 4.94 Å². The molecule has 0 aliphatic heterocycles. The molecule has 1 aliphatic rings. The Hall–Kier alpha value is -0.640. The van der Waals surface area contributed by atoms with Gasteiger partial charge < -0.3 is 5.32 Å². The number of amides is 1. The highest BCUT2D eigenvalue weighted by Gasteiger charge is 2.50. The average Bonchev–Trinajstić information content (AvgIpc) is 2.68. The van der Waals surface area contributed by atoms with Gasteiger partial charge in [-0.15, -0.1) is 0 Å². The van der Waals surface area contributed by atoms with Crippen LogP contribution in [0.25, 0.3) is 0 Å². The van der Waals surface area contributed by atoms with Gasteiger partial charge in [0.1, 0.15) is 6.61 Å². The minimum atomic E-state index is -0.557. The summed E-state index contributed by atoms with van der Waals surface area (Å²) < 4.78 is 11.5. The first-order valence-corrected chi connectivity index (χ1v) is 4.15. The van der Waals surface area contributed by atoms with Crippen LogP contribution in [0.4, 0.5) is 4.53 Å². The summed E-state index contributed by atoms with van der Waals surface area (Å²) in [7, 11) is 0. The van der Waals surface area contributed by atoms with Gasteiger partial charge in [-0.05, 0) is 31.2 Å². The summed E-state index contributed by atoms with van der Waals surface area (Å²) in [6, 6.07) is 0.106. The van der Waals surface area contributed by atoms with Crippen molar-refractivity contribution < 1.29 is 14.3 Å². The zero-order chi connectivity index (χ0) is 9.19. The van der Waals surface area contributed by atoms with E-state index in [1.165, 1.54) is 0 Å². The predicted octanol–water partition coefficient (Wildman–Crippen LogP) is 1.19. The number of hydrogen-bond acceptors (Lipinski definition) is 2. The van der Waals surface area contributed by atoms with E-state index in [0.717, 1.165) is 12.8 Å². The van der Waals surface area contributed by atoms with Crippen LogP contribution >= 0.6 is 0 Å². The summed E-state index contributed by atoms with van der Waals surface area (Å²) in [6.07, 6.45) is 1.46. The summed E-state index contributed by atoms with van der Waals surface area (Å²) >= 11 is 0. The molecule has 0 spiro atoms. The fourth-order valence-corrected chi connectivity index (χ4v) is 1.11. The van der Waals surface area contributed by atoms with Crippen LogP contribution in [0.5, 0.6) is 0 Å². The number of halogens is 1. The van der Waals surface area contributed by atoms with Gasteiger partial charge in [0.2, 0.25) is 5.91 Å². The van der Waals surface area contributed by atoms with Gasteiger partial charge in [0.15, 0.2) is 0 Å². The van der Waals surface area contributed by atoms with Crippen molar-refractivity contribution in [2.75, 3.05) is 6.61 Å². The number of carbonyl (C=O) groups is 1. The van der Waals surface area contributed by atoms with E-state index < -0.39 is 5.41 Å². The number of rotatable bonds is 4. The molecule has 12 heavy (non-hydrogen) atoms. The van der Waals surface area contributed by atoms with Crippen LogP contribution in [0.15, 0.2) is 0 Å². The lowest BCUT2D eigenvalue weighted by molar-refractivity contribution is -0.160. The van der Waals surface area contributed by atoms with Crippen molar-refractivity contribution in [3.63, 3.8) is 0 Å². The van der Waals surface area contributed by atoms with Crippen molar-refractivity contribution in [1.29, 1.82) is 0 Å². The third-order valence-corrected chi connectivity index (χ3v) is 2.09. The molecule has 0 aromatic rings. The Bertz CT molecular complexity index is 178. The minimum absolute atomic E-state index is 0.0878. The Morgan fingerprint density at radius 3 is 2.58 bits per heavy atom. The third-order valence-electron chi connectivity index (χ3n) is 2.09. The van der Waals surface area contributed by atoms with E-state index in [-0.39, 0.29) is 18.6 Å². The fourth-order valence-electron chi connectivity index (χ4n) is 1.11. The summed E-state index contributed by atoms with van der Waals surface area (Å²) in [6.45, 7) is 3.65. The average molecular weight is 175 g/mol. The van der Waals surface area contributed by atoms with Crippen molar-refractivity contribution in [1.82, 2.24) is 5.32 Å². The molecule has 1 fully saturated rings. The van der Waals surface area contributed by atoms with Gasteiger partial charge in [0.25, 0.3) is 0 Å². The van der Waals surface area contributed by atoms with Gasteiger partial charge in [-0.1, -0.05) is 0 Å². The summed E-state index contributed by atoms with van der Waals surface area (Å²) in [5, 5.41) is 2.74. The van der Waals surface area contributed by atoms with E-state index in [1.807, 2.05) is 13.8 Å². The van der Waals surface area contributed by atoms with Crippen LogP contribution in [-0.4, -0.2) is 18.6 Å². The standard InChI is InChI=1S/C8H14FNO2/c1-6(2)10-7(11)8(3-4-8)5-12-9/h6H,3-5H2,1-2H3,(H,10,11). The highest BCUT2D eigenvalue weighted by molar-refractivity contribution is 5.85. The van der Waals surface area contributed by atoms with E-state index in [4.69, 9.17) is 0 Å². The topological polar surface area (TPSA) is 38.3 Å². The molecule has 1 saturated carbocycles. The zero-order valence-electron chi connectivity index (χ0n) is 7.39. The molecule has 0 unspecified atom stereocenters. The molecule has 0 heterocycles. The van der Waals surface area contributed by atoms with Gasteiger partial charge in [0.05, 0.1) is 5.41 Å². The van der Waals surface area contributed by atoms with Gasteiger partial charge in [0, 0.05) is 6.04 Å². The lowest BCUT2D eigenvalue weighted by Crippen LogP contribution is -2.38. The van der Waals surface area contributed by atoms with Crippen LogP contribution in [0.2, 0.25) is 0 Å². The second-order valence-electron chi connectivity index (χ2n) is 3.66. The molecule has 3 nitrogen and oxygen atoms in total. The van der Waals surface area contributed by atoms with Gasteiger partial charge >= 0.3 is 0 Å². The van der Waals surface area contributed by atoms with Crippen molar-refractivity contribution in [2.45, 2.75) is 32.7 Å². The fraction of sp³-hybridized carbons (Fsp3) is 0.875. The maximum absolute atomic E-state index is 11.5. The first kappa shape index (κ1) is 9.45. The largest absolute Gasteiger partial charge is 0.353 e. The summed E-state index contributed by atoms with van der Waals surface area (Å²) in [4.78, 5) is 14.9. The Kier molecular flexibility index (Phi) is 2.67. The van der Waals surface area contributed by atoms with Gasteiger partial charge in [-0.25, -0.2) is 0 Å². The molecule has 0 radical (unpaired) electrons. The highest BCUT2D eigenvalue weighted by atomic mass is 19.3. The molecule has 70 valence electrons. The second-order valence-corrected chi connectivity index (χ2v) is 3.66. The SMILES string of the molecule is CC(C)NC(=O)C1(COF)CC1. The van der Waals surface area contributed by atoms with E-state index in [0.29, 0.717) is 0 Å². The monoisotopic (exact) mass is 175 g/mol. The summed E-state index contributed by atoms with van der Waals surface area (Å²) in [5.74, 6) is -0.0878. The van der Waals surface area contributed by atoms with Crippen LogP contribution in [0, 0.1) is 5.41 Å². The Morgan fingerprint density at radius 1 is 1.67 bits per heavy atom. The molecular weight excluding hydrogens is 161 g/mol. The lowest BCUT2D eigenvalue weighted by Gasteiger charge is -2.14. The number of hydrogen-bond donors (Lipinski definition) is 1. The minimum Gasteiger partial charge on any atom is -0.353 e. The van der Waals surface area contributed by atoms with Crippen molar-refractivity contribution in [2.24, 2.45) is 5.41 Å².